The number of hydrogen-bond acceptors (Lipinski definition) is 6. The van der Waals surface area contributed by atoms with Crippen LogP contribution in [0.3, 0.4) is 0 Å². The van der Waals surface area contributed by atoms with Crippen molar-refractivity contribution in [2.45, 2.75) is 19.0 Å². The molecule has 1 aromatic carbocycles. The molecule has 1 saturated heterocycles. The van der Waals surface area contributed by atoms with E-state index < -0.39 is 18.0 Å². The summed E-state index contributed by atoms with van der Waals surface area (Å²) in [6, 6.07) is 8.77. The topological polar surface area (TPSA) is 102 Å². The first-order chi connectivity index (χ1) is 12.1. The summed E-state index contributed by atoms with van der Waals surface area (Å²) in [4.78, 5) is 35.0. The Bertz CT molecular complexity index is 971. The molecule has 9 heteroatoms. The zero-order valence-corrected chi connectivity index (χ0v) is 12.9. The minimum Gasteiger partial charge on any atom is -0.364 e. The van der Waals surface area contributed by atoms with Gasteiger partial charge in [-0.05, 0) is 5.56 Å². The number of nitrogens with zero attached hydrogens (tertiary/aromatic N) is 4. The molecule has 1 atom stereocenters. The summed E-state index contributed by atoms with van der Waals surface area (Å²) >= 11 is 0. The highest BCUT2D eigenvalue weighted by molar-refractivity contribution is 6.05. The predicted molar refractivity (Wildman–Crippen MR) is 85.9 cm³/mol. The third-order valence-corrected chi connectivity index (χ3v) is 3.98. The molecule has 3 aromatic rings. The number of imide groups is 1. The summed E-state index contributed by atoms with van der Waals surface area (Å²) in [5, 5.41) is 5.25. The third-order valence-electron chi connectivity index (χ3n) is 3.98. The Labute approximate surface area is 141 Å². The summed E-state index contributed by atoms with van der Waals surface area (Å²) in [6.07, 6.45) is 0.410. The Morgan fingerprint density at radius 1 is 1.24 bits per heavy atom. The van der Waals surface area contributed by atoms with Crippen molar-refractivity contribution in [3.05, 3.63) is 48.3 Å². The second kappa shape index (κ2) is 5.93. The van der Waals surface area contributed by atoms with Crippen LogP contribution in [-0.4, -0.2) is 31.3 Å². The van der Waals surface area contributed by atoms with Gasteiger partial charge in [-0.15, -0.1) is 0 Å². The highest BCUT2D eigenvalue weighted by Gasteiger charge is 2.33. The molecule has 2 N–H and O–H groups in total. The third kappa shape index (κ3) is 2.80. The zero-order valence-electron chi connectivity index (χ0n) is 12.9. The Morgan fingerprint density at radius 2 is 2.04 bits per heavy atom. The van der Waals surface area contributed by atoms with Crippen molar-refractivity contribution in [2.75, 3.05) is 5.32 Å². The fraction of sp³-hybridized carbons (Fsp3) is 0.188. The normalized spacial score (nSPS) is 17.1. The van der Waals surface area contributed by atoms with Crippen LogP contribution in [-0.2, 0) is 16.1 Å². The van der Waals surface area contributed by atoms with Gasteiger partial charge in [0.05, 0.1) is 12.7 Å². The largest absolute Gasteiger partial charge is 0.364 e. The van der Waals surface area contributed by atoms with Gasteiger partial charge < -0.3 is 9.88 Å². The first-order valence-electron chi connectivity index (χ1n) is 7.63. The van der Waals surface area contributed by atoms with E-state index in [1.165, 1.54) is 10.9 Å². The van der Waals surface area contributed by atoms with Crippen LogP contribution < -0.4 is 10.6 Å². The van der Waals surface area contributed by atoms with Crippen molar-refractivity contribution >= 4 is 28.8 Å². The number of benzene rings is 1. The predicted octanol–water partition coefficient (Wildman–Crippen LogP) is 1.17. The monoisotopic (exact) mass is 340 g/mol. The molecule has 2 aromatic heterocycles. The van der Waals surface area contributed by atoms with E-state index in [4.69, 9.17) is 0 Å². The van der Waals surface area contributed by atoms with Crippen molar-refractivity contribution in [3.63, 3.8) is 0 Å². The Kier molecular flexibility index (Phi) is 3.60. The lowest BCUT2D eigenvalue weighted by Crippen LogP contribution is -2.23. The smallest absolute Gasteiger partial charge is 0.312 e. The number of rotatable bonds is 4. The van der Waals surface area contributed by atoms with Gasteiger partial charge in [0.1, 0.15) is 6.04 Å². The number of carbonyl (C=O) groups is 2. The molecular formula is C16H13FN6O2. The van der Waals surface area contributed by atoms with Crippen LogP contribution in [0.1, 0.15) is 18.0 Å². The molecule has 0 spiro atoms. The first-order valence-corrected chi connectivity index (χ1v) is 7.63. The molecule has 1 aliphatic rings. The maximum atomic E-state index is 13.9. The average Bonchev–Trinajstić information content (AvgIpc) is 3.16. The quantitative estimate of drug-likeness (QED) is 0.546. The summed E-state index contributed by atoms with van der Waals surface area (Å²) in [7, 11) is 0. The van der Waals surface area contributed by atoms with E-state index in [0.29, 0.717) is 12.1 Å². The highest BCUT2D eigenvalue weighted by atomic mass is 19.1. The number of fused-ring (bicyclic) bond motifs is 1. The van der Waals surface area contributed by atoms with Gasteiger partial charge in [-0.25, -0.2) is 4.98 Å². The van der Waals surface area contributed by atoms with Crippen molar-refractivity contribution < 1.29 is 14.0 Å². The molecule has 8 nitrogen and oxygen atoms in total. The van der Waals surface area contributed by atoms with Crippen LogP contribution in [0.5, 0.6) is 0 Å². The van der Waals surface area contributed by atoms with Crippen LogP contribution in [0, 0.1) is 6.08 Å². The van der Waals surface area contributed by atoms with Gasteiger partial charge in [0.2, 0.25) is 11.8 Å². The highest BCUT2D eigenvalue weighted by Crippen LogP contribution is 2.25. The first kappa shape index (κ1) is 15.2. The molecule has 0 bridgehead atoms. The molecule has 0 saturated carbocycles. The molecule has 1 unspecified atom stereocenters. The van der Waals surface area contributed by atoms with Gasteiger partial charge in [-0.2, -0.15) is 14.4 Å². The molecule has 2 amide bonds. The number of hydrogen-bond donors (Lipinski definition) is 2. The zero-order chi connectivity index (χ0) is 17.4. The van der Waals surface area contributed by atoms with Crippen LogP contribution in [0.15, 0.2) is 36.7 Å². The second-order valence-corrected chi connectivity index (χ2v) is 5.64. The van der Waals surface area contributed by atoms with Gasteiger partial charge >= 0.3 is 6.08 Å². The molecule has 1 fully saturated rings. The van der Waals surface area contributed by atoms with E-state index in [2.05, 4.69) is 25.6 Å². The summed E-state index contributed by atoms with van der Waals surface area (Å²) < 4.78 is 15.3. The van der Waals surface area contributed by atoms with E-state index >= 15 is 0 Å². The minimum absolute atomic E-state index is 0.0251. The van der Waals surface area contributed by atoms with Gasteiger partial charge in [-0.1, -0.05) is 30.3 Å². The van der Waals surface area contributed by atoms with Gasteiger partial charge in [-0.3, -0.25) is 14.9 Å². The molecule has 25 heavy (non-hydrogen) atoms. The molecule has 4 rings (SSSR count). The van der Waals surface area contributed by atoms with Gasteiger partial charge in [0, 0.05) is 6.54 Å². The number of aromatic nitrogens is 4. The van der Waals surface area contributed by atoms with Crippen LogP contribution in [0.2, 0.25) is 0 Å². The van der Waals surface area contributed by atoms with Crippen molar-refractivity contribution in [1.29, 1.82) is 0 Å². The SMILES string of the molecule is O=C1CC(n2cnc3c(NCc4ccccc4)nc(F)nc32)C(=O)N1. The van der Waals surface area contributed by atoms with Crippen molar-refractivity contribution in [1.82, 2.24) is 24.8 Å². The lowest BCUT2D eigenvalue weighted by atomic mass is 10.2. The fourth-order valence-electron chi connectivity index (χ4n) is 2.79. The molecule has 0 radical (unpaired) electrons. The number of amides is 2. The maximum absolute atomic E-state index is 13.9. The maximum Gasteiger partial charge on any atom is 0.312 e. The van der Waals surface area contributed by atoms with Crippen LogP contribution >= 0.6 is 0 Å². The van der Waals surface area contributed by atoms with Crippen molar-refractivity contribution in [3.8, 4) is 0 Å². The van der Waals surface area contributed by atoms with E-state index in [9.17, 15) is 14.0 Å². The Balaban J connectivity index is 1.69. The minimum atomic E-state index is -0.936. The van der Waals surface area contributed by atoms with E-state index in [-0.39, 0.29) is 23.8 Å². The average molecular weight is 340 g/mol. The second-order valence-electron chi connectivity index (χ2n) is 5.64. The number of carbonyl (C=O) groups excluding carboxylic acids is 2. The summed E-state index contributed by atoms with van der Waals surface area (Å²) in [5.74, 6) is -0.606. The number of anilines is 1. The summed E-state index contributed by atoms with van der Waals surface area (Å²) in [6.45, 7) is 0.432. The molecular weight excluding hydrogens is 327 g/mol. The van der Waals surface area contributed by atoms with E-state index in [0.717, 1.165) is 5.56 Å². The molecule has 3 heterocycles. The number of imidazole rings is 1. The molecule has 126 valence electrons. The van der Waals surface area contributed by atoms with Gasteiger partial charge in [0.15, 0.2) is 17.0 Å². The fourth-order valence-corrected chi connectivity index (χ4v) is 2.79. The lowest BCUT2D eigenvalue weighted by molar-refractivity contribution is -0.125. The van der Waals surface area contributed by atoms with Gasteiger partial charge in [0.25, 0.3) is 0 Å². The van der Waals surface area contributed by atoms with E-state index in [1.54, 1.807) is 0 Å². The number of halogens is 1. The van der Waals surface area contributed by atoms with Crippen molar-refractivity contribution in [2.24, 2.45) is 0 Å². The van der Waals surface area contributed by atoms with Crippen LogP contribution in [0.4, 0.5) is 10.2 Å². The standard InChI is InChI=1S/C16H13FN6O2/c17-16-21-13(18-7-9-4-2-1-3-5-9)12-14(22-16)23(8-19-12)10-6-11(24)20-15(10)25/h1-5,8,10H,6-7H2,(H,18,21,22)(H,20,24,25). The Morgan fingerprint density at radius 3 is 2.76 bits per heavy atom. The molecule has 1 aliphatic heterocycles. The van der Waals surface area contributed by atoms with Crippen LogP contribution in [0.25, 0.3) is 11.2 Å². The lowest BCUT2D eigenvalue weighted by Gasteiger charge is -2.09. The number of nitrogens with one attached hydrogen (secondary N) is 2. The van der Waals surface area contributed by atoms with E-state index in [1.807, 2.05) is 30.3 Å². The Hall–Kier alpha value is -3.36. The molecule has 0 aliphatic carbocycles. The summed E-state index contributed by atoms with van der Waals surface area (Å²) in [5.41, 5.74) is 1.50.